The Morgan fingerprint density at radius 1 is 1.58 bits per heavy atom. The van der Waals surface area contributed by atoms with E-state index >= 15 is 0 Å². The van der Waals surface area contributed by atoms with E-state index in [-0.39, 0.29) is 0 Å². The third-order valence-corrected chi connectivity index (χ3v) is 2.64. The van der Waals surface area contributed by atoms with Gasteiger partial charge in [0.25, 0.3) is 0 Å². The molecule has 12 heavy (non-hydrogen) atoms. The summed E-state index contributed by atoms with van der Waals surface area (Å²) in [5.74, 6) is 0. The van der Waals surface area contributed by atoms with Crippen LogP contribution < -0.4 is 5.73 Å². The van der Waals surface area contributed by atoms with Gasteiger partial charge in [-0.1, -0.05) is 28.1 Å². The van der Waals surface area contributed by atoms with E-state index in [9.17, 15) is 4.39 Å². The quantitative estimate of drug-likeness (QED) is 0.833. The summed E-state index contributed by atoms with van der Waals surface area (Å²) in [4.78, 5) is 0. The van der Waals surface area contributed by atoms with Gasteiger partial charge in [0.05, 0.1) is 6.04 Å². The number of halogens is 2. The minimum absolute atomic E-state index is 0.498. The molecule has 0 aliphatic carbocycles. The number of nitrogens with two attached hydrogens (primary N) is 1. The van der Waals surface area contributed by atoms with E-state index in [1.54, 1.807) is 0 Å². The lowest BCUT2D eigenvalue weighted by Crippen LogP contribution is -2.11. The molecule has 0 saturated heterocycles. The molecule has 0 saturated carbocycles. The van der Waals surface area contributed by atoms with Crippen molar-refractivity contribution in [2.24, 2.45) is 5.73 Å². The minimum atomic E-state index is -0.518. The Morgan fingerprint density at radius 2 is 2.25 bits per heavy atom. The van der Waals surface area contributed by atoms with Crippen LogP contribution in [0.3, 0.4) is 0 Å². The molecule has 2 N–H and O–H groups in total. The highest BCUT2D eigenvalue weighted by Gasteiger charge is 2.05. The highest BCUT2D eigenvalue weighted by atomic mass is 79.9. The van der Waals surface area contributed by atoms with Crippen molar-refractivity contribution in [3.63, 3.8) is 0 Å². The Bertz CT molecular complexity index is 275. The first-order valence-corrected chi connectivity index (χ1v) is 4.52. The largest absolute Gasteiger partial charge is 0.322 e. The zero-order chi connectivity index (χ0) is 9.14. The first-order valence-electron chi connectivity index (χ1n) is 3.72. The lowest BCUT2D eigenvalue weighted by atomic mass is 10.1. The molecule has 0 amide bonds. The van der Waals surface area contributed by atoms with Gasteiger partial charge in [0.1, 0.15) is 6.67 Å². The smallest absolute Gasteiger partial charge is 0.109 e. The Balaban J connectivity index is 2.96. The summed E-state index contributed by atoms with van der Waals surface area (Å²) in [5.41, 5.74) is 7.48. The first kappa shape index (κ1) is 9.68. The molecular weight excluding hydrogens is 221 g/mol. The Morgan fingerprint density at radius 3 is 2.75 bits per heavy atom. The summed E-state index contributed by atoms with van der Waals surface area (Å²) < 4.78 is 13.1. The number of hydrogen-bond acceptors (Lipinski definition) is 1. The third kappa shape index (κ3) is 2.05. The second-order valence-corrected chi connectivity index (χ2v) is 3.62. The molecule has 0 aliphatic rings. The van der Waals surface area contributed by atoms with Crippen molar-refractivity contribution in [1.29, 1.82) is 0 Å². The van der Waals surface area contributed by atoms with Crippen LogP contribution >= 0.6 is 15.9 Å². The predicted molar refractivity (Wildman–Crippen MR) is 51.8 cm³/mol. The van der Waals surface area contributed by atoms with Crippen molar-refractivity contribution < 1.29 is 4.39 Å². The summed E-state index contributed by atoms with van der Waals surface area (Å²) in [5, 5.41) is 0. The van der Waals surface area contributed by atoms with Gasteiger partial charge in [-0.2, -0.15) is 0 Å². The van der Waals surface area contributed by atoms with Crippen LogP contribution in [-0.2, 0) is 0 Å². The molecule has 0 radical (unpaired) electrons. The maximum atomic E-state index is 12.2. The zero-order valence-electron chi connectivity index (χ0n) is 6.85. The van der Waals surface area contributed by atoms with Crippen molar-refractivity contribution in [2.45, 2.75) is 13.0 Å². The second kappa shape index (κ2) is 4.01. The topological polar surface area (TPSA) is 26.0 Å². The van der Waals surface area contributed by atoms with Gasteiger partial charge in [0.15, 0.2) is 0 Å². The van der Waals surface area contributed by atoms with Crippen LogP contribution in [0.4, 0.5) is 4.39 Å². The molecule has 1 rings (SSSR count). The van der Waals surface area contributed by atoms with E-state index in [1.807, 2.05) is 25.1 Å². The molecule has 1 unspecified atom stereocenters. The lowest BCUT2D eigenvalue weighted by molar-refractivity contribution is 0.437. The highest BCUT2D eigenvalue weighted by molar-refractivity contribution is 9.10. The molecule has 66 valence electrons. The van der Waals surface area contributed by atoms with Crippen LogP contribution in [0.5, 0.6) is 0 Å². The van der Waals surface area contributed by atoms with Gasteiger partial charge in [-0.3, -0.25) is 0 Å². The molecule has 1 nitrogen and oxygen atoms in total. The third-order valence-electron chi connectivity index (χ3n) is 1.79. The van der Waals surface area contributed by atoms with Gasteiger partial charge >= 0.3 is 0 Å². The molecule has 0 bridgehead atoms. The number of aryl methyl sites for hydroxylation is 1. The number of rotatable bonds is 2. The van der Waals surface area contributed by atoms with Crippen molar-refractivity contribution >= 4 is 15.9 Å². The molecule has 0 heterocycles. The Labute approximate surface area is 79.9 Å². The lowest BCUT2D eigenvalue weighted by Gasteiger charge is -2.08. The molecule has 3 heteroatoms. The highest BCUT2D eigenvalue weighted by Crippen LogP contribution is 2.20. The Kier molecular flexibility index (Phi) is 3.23. The van der Waals surface area contributed by atoms with Crippen molar-refractivity contribution in [1.82, 2.24) is 0 Å². The fraction of sp³-hybridized carbons (Fsp3) is 0.333. The van der Waals surface area contributed by atoms with E-state index in [4.69, 9.17) is 5.73 Å². The Hall–Kier alpha value is -0.410. The second-order valence-electron chi connectivity index (χ2n) is 2.77. The summed E-state index contributed by atoms with van der Waals surface area (Å²) in [6.45, 7) is 1.46. The number of hydrogen-bond donors (Lipinski definition) is 1. The van der Waals surface area contributed by atoms with Crippen LogP contribution in [0.25, 0.3) is 0 Å². The van der Waals surface area contributed by atoms with Crippen LogP contribution in [-0.4, -0.2) is 6.67 Å². The molecule has 1 atom stereocenters. The summed E-state index contributed by atoms with van der Waals surface area (Å²) in [7, 11) is 0. The van der Waals surface area contributed by atoms with Gasteiger partial charge in [-0.15, -0.1) is 0 Å². The SMILES string of the molecule is Cc1ccc(C(N)CF)cc1Br. The van der Waals surface area contributed by atoms with E-state index in [0.717, 1.165) is 15.6 Å². The monoisotopic (exact) mass is 231 g/mol. The van der Waals surface area contributed by atoms with Crippen LogP contribution in [0.2, 0.25) is 0 Å². The fourth-order valence-electron chi connectivity index (χ4n) is 0.929. The fourth-order valence-corrected chi connectivity index (χ4v) is 1.33. The van der Waals surface area contributed by atoms with Crippen LogP contribution in [0, 0.1) is 6.92 Å². The van der Waals surface area contributed by atoms with Gasteiger partial charge < -0.3 is 5.73 Å². The van der Waals surface area contributed by atoms with Gasteiger partial charge in [0.2, 0.25) is 0 Å². The molecule has 0 spiro atoms. The van der Waals surface area contributed by atoms with Crippen molar-refractivity contribution in [3.05, 3.63) is 33.8 Å². The minimum Gasteiger partial charge on any atom is -0.322 e. The average Bonchev–Trinajstić information content (AvgIpc) is 2.08. The molecule has 1 aromatic carbocycles. The van der Waals surface area contributed by atoms with Crippen molar-refractivity contribution in [2.75, 3.05) is 6.67 Å². The van der Waals surface area contributed by atoms with E-state index < -0.39 is 12.7 Å². The standard InChI is InChI=1S/C9H11BrFN/c1-6-2-3-7(4-8(6)10)9(12)5-11/h2-4,9H,5,12H2,1H3. The van der Waals surface area contributed by atoms with Gasteiger partial charge in [-0.25, -0.2) is 4.39 Å². The molecule has 0 fully saturated rings. The molecule has 0 aliphatic heterocycles. The van der Waals surface area contributed by atoms with Crippen molar-refractivity contribution in [3.8, 4) is 0 Å². The molecular formula is C9H11BrFN. The zero-order valence-corrected chi connectivity index (χ0v) is 8.44. The number of benzene rings is 1. The molecule has 1 aromatic rings. The average molecular weight is 232 g/mol. The first-order chi connectivity index (χ1) is 5.65. The van der Waals surface area contributed by atoms with Gasteiger partial charge in [0, 0.05) is 4.47 Å². The summed E-state index contributed by atoms with van der Waals surface area (Å²) >= 11 is 3.37. The van der Waals surface area contributed by atoms with E-state index in [1.165, 1.54) is 0 Å². The maximum Gasteiger partial charge on any atom is 0.109 e. The summed E-state index contributed by atoms with van der Waals surface area (Å²) in [6.07, 6.45) is 0. The number of alkyl halides is 1. The summed E-state index contributed by atoms with van der Waals surface area (Å²) in [6, 6.07) is 5.14. The van der Waals surface area contributed by atoms with Gasteiger partial charge in [-0.05, 0) is 24.1 Å². The normalized spacial score (nSPS) is 13.0. The van der Waals surface area contributed by atoms with Crippen LogP contribution in [0.1, 0.15) is 17.2 Å². The maximum absolute atomic E-state index is 12.2. The predicted octanol–water partition coefficient (Wildman–Crippen LogP) is 2.73. The van der Waals surface area contributed by atoms with Crippen LogP contribution in [0.15, 0.2) is 22.7 Å². The molecule has 0 aromatic heterocycles. The van der Waals surface area contributed by atoms with E-state index in [0.29, 0.717) is 0 Å². The van der Waals surface area contributed by atoms with E-state index in [2.05, 4.69) is 15.9 Å².